The van der Waals surface area contributed by atoms with Gasteiger partial charge in [-0.2, -0.15) is 0 Å². The normalized spacial score (nSPS) is 17.0. The van der Waals surface area contributed by atoms with E-state index in [-0.39, 0.29) is 24.0 Å². The summed E-state index contributed by atoms with van der Waals surface area (Å²) in [6.07, 6.45) is 3.90. The molecule has 2 rings (SSSR count). The second-order valence-electron chi connectivity index (χ2n) is 6.79. The van der Waals surface area contributed by atoms with Gasteiger partial charge < -0.3 is 14.7 Å². The number of methoxy groups -OCH3 is 1. The highest BCUT2D eigenvalue weighted by molar-refractivity contribution is 5.96. The van der Waals surface area contributed by atoms with Crippen LogP contribution in [0.3, 0.4) is 0 Å². The van der Waals surface area contributed by atoms with Gasteiger partial charge in [0.2, 0.25) is 5.91 Å². The minimum atomic E-state index is -0.787. The fourth-order valence-electron chi connectivity index (χ4n) is 3.33. The molecule has 0 spiro atoms. The van der Waals surface area contributed by atoms with Crippen molar-refractivity contribution in [2.24, 2.45) is 5.92 Å². The summed E-state index contributed by atoms with van der Waals surface area (Å²) >= 11 is 0. The molecule has 0 aliphatic carbocycles. The first-order chi connectivity index (χ1) is 12.5. The van der Waals surface area contributed by atoms with Gasteiger partial charge in [0.05, 0.1) is 7.11 Å². The number of ketones is 1. The zero-order chi connectivity index (χ0) is 18.9. The van der Waals surface area contributed by atoms with Gasteiger partial charge >= 0.3 is 5.97 Å². The summed E-state index contributed by atoms with van der Waals surface area (Å²) in [5.74, 6) is 0.278. The lowest BCUT2D eigenvalue weighted by Crippen LogP contribution is -2.40. The van der Waals surface area contributed by atoms with Crippen LogP contribution < -0.4 is 4.74 Å². The number of Topliss-reactive ketones (excluding diaryl/α,β-unsaturated/α-hetero) is 1. The van der Waals surface area contributed by atoms with Crippen molar-refractivity contribution < 1.29 is 24.2 Å². The largest absolute Gasteiger partial charge is 0.497 e. The molecule has 142 valence electrons. The minimum absolute atomic E-state index is 0.0263. The Hall–Kier alpha value is -2.37. The molecule has 1 aliphatic rings. The number of nitrogens with zero attached hydrogens (tertiary/aromatic N) is 1. The first-order valence-electron chi connectivity index (χ1n) is 9.16. The van der Waals surface area contributed by atoms with Gasteiger partial charge in [0.1, 0.15) is 5.75 Å². The van der Waals surface area contributed by atoms with Gasteiger partial charge in [0.15, 0.2) is 5.78 Å². The average Bonchev–Trinajstić information content (AvgIpc) is 2.66. The van der Waals surface area contributed by atoms with E-state index in [9.17, 15) is 14.4 Å². The number of carboxylic acids is 1. The number of rotatable bonds is 9. The van der Waals surface area contributed by atoms with Crippen molar-refractivity contribution in [3.63, 3.8) is 0 Å². The van der Waals surface area contributed by atoms with Crippen molar-refractivity contribution in [3.05, 3.63) is 29.8 Å². The highest BCUT2D eigenvalue weighted by Crippen LogP contribution is 2.22. The van der Waals surface area contributed by atoms with E-state index in [0.717, 1.165) is 19.4 Å². The van der Waals surface area contributed by atoms with E-state index in [2.05, 4.69) is 0 Å². The quantitative estimate of drug-likeness (QED) is 0.683. The van der Waals surface area contributed by atoms with Crippen LogP contribution in [0.1, 0.15) is 55.3 Å². The average molecular weight is 361 g/mol. The van der Waals surface area contributed by atoms with E-state index in [4.69, 9.17) is 9.84 Å². The Bertz CT molecular complexity index is 626. The SMILES string of the molecule is COc1ccc(C(=O)CCCC(=O)N2CCCC(CCC(=O)O)C2)cc1. The molecule has 0 bridgehead atoms. The lowest BCUT2D eigenvalue weighted by molar-refractivity contribution is -0.137. The summed E-state index contributed by atoms with van der Waals surface area (Å²) in [6.45, 7) is 1.37. The molecular weight excluding hydrogens is 334 g/mol. The summed E-state index contributed by atoms with van der Waals surface area (Å²) < 4.78 is 5.07. The lowest BCUT2D eigenvalue weighted by atomic mass is 9.93. The number of ether oxygens (including phenoxy) is 1. The summed E-state index contributed by atoms with van der Waals surface area (Å²) in [5.41, 5.74) is 0.630. The molecule has 1 N–H and O–H groups in total. The van der Waals surface area contributed by atoms with Gasteiger partial charge in [-0.3, -0.25) is 14.4 Å². The number of hydrogen-bond acceptors (Lipinski definition) is 4. The van der Waals surface area contributed by atoms with Crippen LogP contribution in [0.2, 0.25) is 0 Å². The Kier molecular flexibility index (Phi) is 7.63. The fourth-order valence-corrected chi connectivity index (χ4v) is 3.33. The number of likely N-dealkylation sites (tertiary alicyclic amines) is 1. The third-order valence-electron chi connectivity index (χ3n) is 4.84. The van der Waals surface area contributed by atoms with Crippen molar-refractivity contribution in [2.45, 2.75) is 44.9 Å². The number of carboxylic acid groups (broad SMARTS) is 1. The Labute approximate surface area is 154 Å². The highest BCUT2D eigenvalue weighted by Gasteiger charge is 2.23. The van der Waals surface area contributed by atoms with Gasteiger partial charge in [0.25, 0.3) is 0 Å². The van der Waals surface area contributed by atoms with E-state index in [0.29, 0.717) is 43.5 Å². The van der Waals surface area contributed by atoms with E-state index in [1.807, 2.05) is 4.90 Å². The van der Waals surface area contributed by atoms with Crippen LogP contribution in [0.25, 0.3) is 0 Å². The minimum Gasteiger partial charge on any atom is -0.497 e. The van der Waals surface area contributed by atoms with Crippen LogP contribution in [0.4, 0.5) is 0 Å². The Morgan fingerprint density at radius 3 is 2.54 bits per heavy atom. The first-order valence-corrected chi connectivity index (χ1v) is 9.16. The zero-order valence-electron chi connectivity index (χ0n) is 15.3. The number of carbonyl (C=O) groups excluding carboxylic acids is 2. The summed E-state index contributed by atoms with van der Waals surface area (Å²) in [6, 6.07) is 6.98. The van der Waals surface area contributed by atoms with E-state index >= 15 is 0 Å². The monoisotopic (exact) mass is 361 g/mol. The van der Waals surface area contributed by atoms with Crippen LogP contribution in [0.5, 0.6) is 5.75 Å². The van der Waals surface area contributed by atoms with Crippen molar-refractivity contribution in [3.8, 4) is 5.75 Å². The molecule has 1 amide bonds. The summed E-state index contributed by atoms with van der Waals surface area (Å²) in [4.78, 5) is 37.1. The van der Waals surface area contributed by atoms with Crippen molar-refractivity contribution >= 4 is 17.7 Å². The molecule has 1 aromatic rings. The maximum Gasteiger partial charge on any atom is 0.303 e. The first kappa shape index (κ1) is 19.9. The van der Waals surface area contributed by atoms with Gasteiger partial charge in [0, 0.05) is 37.9 Å². The van der Waals surface area contributed by atoms with Gasteiger partial charge in [-0.05, 0) is 55.9 Å². The number of amides is 1. The highest BCUT2D eigenvalue weighted by atomic mass is 16.5. The van der Waals surface area contributed by atoms with E-state index in [1.165, 1.54) is 0 Å². The molecule has 26 heavy (non-hydrogen) atoms. The second-order valence-corrected chi connectivity index (χ2v) is 6.79. The molecule has 1 aromatic carbocycles. The molecule has 0 aromatic heterocycles. The molecule has 6 heteroatoms. The van der Waals surface area contributed by atoms with Crippen molar-refractivity contribution in [1.82, 2.24) is 4.90 Å². The Morgan fingerprint density at radius 2 is 1.88 bits per heavy atom. The molecule has 1 fully saturated rings. The predicted molar refractivity (Wildman–Crippen MR) is 97.3 cm³/mol. The van der Waals surface area contributed by atoms with Crippen LogP contribution in [0.15, 0.2) is 24.3 Å². The van der Waals surface area contributed by atoms with Crippen molar-refractivity contribution in [2.75, 3.05) is 20.2 Å². The van der Waals surface area contributed by atoms with Gasteiger partial charge in [-0.1, -0.05) is 0 Å². The Morgan fingerprint density at radius 1 is 1.15 bits per heavy atom. The van der Waals surface area contributed by atoms with Crippen LogP contribution in [0, 0.1) is 5.92 Å². The summed E-state index contributed by atoms with van der Waals surface area (Å²) in [7, 11) is 1.58. The van der Waals surface area contributed by atoms with E-state index in [1.54, 1.807) is 31.4 Å². The third-order valence-corrected chi connectivity index (χ3v) is 4.84. The molecule has 1 aliphatic heterocycles. The number of piperidine rings is 1. The van der Waals surface area contributed by atoms with Gasteiger partial charge in [-0.25, -0.2) is 0 Å². The summed E-state index contributed by atoms with van der Waals surface area (Å²) in [5, 5.41) is 8.79. The number of hydrogen-bond donors (Lipinski definition) is 1. The maximum absolute atomic E-state index is 12.4. The van der Waals surface area contributed by atoms with E-state index < -0.39 is 5.97 Å². The maximum atomic E-state index is 12.4. The molecule has 1 unspecified atom stereocenters. The topological polar surface area (TPSA) is 83.9 Å². The number of carbonyl (C=O) groups is 3. The molecule has 0 radical (unpaired) electrons. The molecular formula is C20H27NO5. The Balaban J connectivity index is 1.73. The predicted octanol–water partition coefficient (Wildman–Crippen LogP) is 3.15. The fraction of sp³-hybridized carbons (Fsp3) is 0.550. The standard InChI is InChI=1S/C20H27NO5/c1-26-17-10-8-16(9-11-17)18(22)5-2-6-19(23)21-13-3-4-15(14-21)7-12-20(24)25/h8-11,15H,2-7,12-14H2,1H3,(H,24,25). The van der Waals surface area contributed by atoms with Crippen LogP contribution in [-0.2, 0) is 9.59 Å². The molecule has 1 heterocycles. The number of aliphatic carboxylic acids is 1. The zero-order valence-corrected chi connectivity index (χ0v) is 15.3. The third kappa shape index (κ3) is 6.17. The van der Waals surface area contributed by atoms with Crippen LogP contribution >= 0.6 is 0 Å². The lowest BCUT2D eigenvalue weighted by Gasteiger charge is -2.32. The van der Waals surface area contributed by atoms with Crippen LogP contribution in [-0.4, -0.2) is 47.9 Å². The van der Waals surface area contributed by atoms with Gasteiger partial charge in [-0.15, -0.1) is 0 Å². The van der Waals surface area contributed by atoms with Crippen molar-refractivity contribution in [1.29, 1.82) is 0 Å². The smallest absolute Gasteiger partial charge is 0.303 e. The molecule has 1 atom stereocenters. The molecule has 1 saturated heterocycles. The molecule has 6 nitrogen and oxygen atoms in total. The molecule has 0 saturated carbocycles. The number of benzene rings is 1. The second kappa shape index (κ2) is 9.94.